The molecule has 1 aliphatic rings. The number of anilines is 2. The van der Waals surface area contributed by atoms with Crippen molar-refractivity contribution in [2.75, 3.05) is 36.7 Å². The summed E-state index contributed by atoms with van der Waals surface area (Å²) in [6.45, 7) is 2.54. The van der Waals surface area contributed by atoms with Crippen molar-refractivity contribution in [2.24, 2.45) is 0 Å². The fourth-order valence-corrected chi connectivity index (χ4v) is 5.41. The van der Waals surface area contributed by atoms with Gasteiger partial charge in [-0.25, -0.2) is 8.42 Å². The number of carboxylic acids is 1. The number of hydrogen-bond acceptors (Lipinski definition) is 7. The molecule has 0 bridgehead atoms. The van der Waals surface area contributed by atoms with E-state index in [9.17, 15) is 18.0 Å². The number of nitrogens with zero attached hydrogens (tertiary/aromatic N) is 1. The third-order valence-corrected chi connectivity index (χ3v) is 7.91. The summed E-state index contributed by atoms with van der Waals surface area (Å²) in [5.74, 6) is -0.586. The van der Waals surface area contributed by atoms with Crippen LogP contribution in [-0.4, -0.2) is 51.9 Å². The maximum absolute atomic E-state index is 14.3. The average molecular weight is 587 g/mol. The van der Waals surface area contributed by atoms with Gasteiger partial charge in [0.25, 0.3) is 5.91 Å². The second-order valence-corrected chi connectivity index (χ2v) is 12.1. The van der Waals surface area contributed by atoms with E-state index in [1.165, 1.54) is 19.2 Å². The topological polar surface area (TPSA) is 122 Å². The number of methoxy groups -OCH3 is 1. The number of aryl methyl sites for hydroxylation is 1. The normalized spacial score (nSPS) is 13.4. The molecular formula is C29H31ClN2O7S. The standard InChI is InChI=1S/C29H31ClN2O7S/c1-18-6-7-19-10-11-32(25(19)13-18)29(35)28(31-21-15-22(38-2)17-23(16-21)40(3,36)37)24-9-8-20(30)14-26(24)39-12-4-5-27(33)34/h6-9,13-17,28,31H,4-5,10-12H2,1-3H3,(H,33,34). The van der Waals surface area contributed by atoms with E-state index < -0.39 is 21.8 Å². The number of halogens is 1. The van der Waals surface area contributed by atoms with Crippen molar-refractivity contribution in [3.63, 3.8) is 0 Å². The quantitative estimate of drug-likeness (QED) is 0.299. The summed E-state index contributed by atoms with van der Waals surface area (Å²) in [5.41, 5.74) is 3.71. The number of ether oxygens (including phenoxy) is 2. The lowest BCUT2D eigenvalue weighted by atomic mass is 10.0. The number of benzene rings is 3. The van der Waals surface area contributed by atoms with E-state index in [-0.39, 0.29) is 30.3 Å². The van der Waals surface area contributed by atoms with Gasteiger partial charge in [0.15, 0.2) is 9.84 Å². The molecule has 1 aliphatic heterocycles. The van der Waals surface area contributed by atoms with Crippen molar-refractivity contribution in [1.29, 1.82) is 0 Å². The summed E-state index contributed by atoms with van der Waals surface area (Å²) in [4.78, 5) is 27.0. The molecular weight excluding hydrogens is 556 g/mol. The van der Waals surface area contributed by atoms with Crippen LogP contribution in [0, 0.1) is 6.92 Å². The van der Waals surface area contributed by atoms with Gasteiger partial charge < -0.3 is 24.8 Å². The van der Waals surface area contributed by atoms with Crippen molar-refractivity contribution in [3.8, 4) is 11.5 Å². The smallest absolute Gasteiger partial charge is 0.303 e. The minimum atomic E-state index is -3.58. The number of carboxylic acid groups (broad SMARTS) is 1. The van der Waals surface area contributed by atoms with Gasteiger partial charge in [-0.1, -0.05) is 29.8 Å². The Labute approximate surface area is 238 Å². The molecule has 1 unspecified atom stereocenters. The lowest BCUT2D eigenvalue weighted by Crippen LogP contribution is -2.37. The van der Waals surface area contributed by atoms with Gasteiger partial charge in [0.2, 0.25) is 0 Å². The second-order valence-electron chi connectivity index (χ2n) is 9.65. The third kappa shape index (κ3) is 6.86. The minimum absolute atomic E-state index is 0.0314. The first-order valence-electron chi connectivity index (χ1n) is 12.7. The van der Waals surface area contributed by atoms with Gasteiger partial charge in [0, 0.05) is 47.2 Å². The molecule has 0 saturated carbocycles. The first kappa shape index (κ1) is 29.2. The Kier molecular flexibility index (Phi) is 8.90. The van der Waals surface area contributed by atoms with E-state index in [1.807, 2.05) is 25.1 Å². The van der Waals surface area contributed by atoms with Gasteiger partial charge in [-0.3, -0.25) is 9.59 Å². The zero-order valence-electron chi connectivity index (χ0n) is 22.4. The van der Waals surface area contributed by atoms with E-state index in [4.69, 9.17) is 26.2 Å². The van der Waals surface area contributed by atoms with Crippen molar-refractivity contribution < 1.29 is 32.6 Å². The maximum atomic E-state index is 14.3. The Hall–Kier alpha value is -3.76. The summed E-state index contributed by atoms with van der Waals surface area (Å²) in [6.07, 6.45) is 1.99. The SMILES string of the molecule is COc1cc(NC(C(=O)N2CCc3ccc(C)cc32)c2ccc(Cl)cc2OCCCC(=O)O)cc(S(C)(=O)=O)c1. The Morgan fingerprint density at radius 3 is 2.60 bits per heavy atom. The predicted octanol–water partition coefficient (Wildman–Crippen LogP) is 5.05. The molecule has 2 N–H and O–H groups in total. The Morgan fingerprint density at radius 2 is 1.90 bits per heavy atom. The Morgan fingerprint density at radius 1 is 1.12 bits per heavy atom. The predicted molar refractivity (Wildman–Crippen MR) is 154 cm³/mol. The summed E-state index contributed by atoms with van der Waals surface area (Å²) >= 11 is 6.27. The van der Waals surface area contributed by atoms with Crippen LogP contribution in [0.15, 0.2) is 59.5 Å². The molecule has 1 amide bonds. The highest BCUT2D eigenvalue weighted by Crippen LogP contribution is 2.37. The van der Waals surface area contributed by atoms with Crippen LogP contribution in [0.2, 0.25) is 5.02 Å². The van der Waals surface area contributed by atoms with E-state index in [2.05, 4.69) is 5.32 Å². The minimum Gasteiger partial charge on any atom is -0.497 e. The zero-order chi connectivity index (χ0) is 29.0. The fraction of sp³-hybridized carbons (Fsp3) is 0.310. The molecule has 3 aromatic carbocycles. The number of nitrogens with one attached hydrogen (secondary N) is 1. The molecule has 0 saturated heterocycles. The number of fused-ring (bicyclic) bond motifs is 1. The van der Waals surface area contributed by atoms with Crippen molar-refractivity contribution in [1.82, 2.24) is 0 Å². The molecule has 0 spiro atoms. The highest BCUT2D eigenvalue weighted by atomic mass is 35.5. The molecule has 1 heterocycles. The Balaban J connectivity index is 1.78. The van der Waals surface area contributed by atoms with Gasteiger partial charge in [-0.15, -0.1) is 0 Å². The van der Waals surface area contributed by atoms with Crippen LogP contribution in [0.5, 0.6) is 11.5 Å². The number of carbonyl (C=O) groups excluding carboxylic acids is 1. The van der Waals surface area contributed by atoms with E-state index in [0.717, 1.165) is 23.1 Å². The summed E-state index contributed by atoms with van der Waals surface area (Å²) in [7, 11) is -2.15. The van der Waals surface area contributed by atoms with Gasteiger partial charge in [0.1, 0.15) is 17.5 Å². The third-order valence-electron chi connectivity index (χ3n) is 6.58. The highest BCUT2D eigenvalue weighted by Gasteiger charge is 2.33. The molecule has 4 rings (SSSR count). The molecule has 0 aromatic heterocycles. The molecule has 0 aliphatic carbocycles. The van der Waals surface area contributed by atoms with Crippen LogP contribution in [0.4, 0.5) is 11.4 Å². The Bertz CT molecular complexity index is 1540. The molecule has 9 nitrogen and oxygen atoms in total. The summed E-state index contributed by atoms with van der Waals surface area (Å²) in [6, 6.07) is 14.4. The van der Waals surface area contributed by atoms with Gasteiger partial charge >= 0.3 is 5.97 Å². The number of carbonyl (C=O) groups is 2. The number of amides is 1. The molecule has 212 valence electrons. The van der Waals surface area contributed by atoms with E-state index >= 15 is 0 Å². The number of sulfone groups is 1. The summed E-state index contributed by atoms with van der Waals surface area (Å²) in [5, 5.41) is 12.6. The molecule has 3 aromatic rings. The monoisotopic (exact) mass is 586 g/mol. The first-order chi connectivity index (χ1) is 19.0. The van der Waals surface area contributed by atoms with Gasteiger partial charge in [0.05, 0.1) is 18.6 Å². The van der Waals surface area contributed by atoms with Crippen molar-refractivity contribution in [3.05, 3.63) is 76.3 Å². The van der Waals surface area contributed by atoms with E-state index in [1.54, 1.807) is 29.2 Å². The number of hydrogen-bond donors (Lipinski definition) is 2. The fourth-order valence-electron chi connectivity index (χ4n) is 4.58. The largest absolute Gasteiger partial charge is 0.497 e. The lowest BCUT2D eigenvalue weighted by Gasteiger charge is -2.28. The molecule has 1 atom stereocenters. The molecule has 40 heavy (non-hydrogen) atoms. The van der Waals surface area contributed by atoms with Gasteiger partial charge in [-0.2, -0.15) is 0 Å². The number of aliphatic carboxylic acids is 1. The second kappa shape index (κ2) is 12.2. The van der Waals surface area contributed by atoms with Crippen LogP contribution >= 0.6 is 11.6 Å². The first-order valence-corrected chi connectivity index (χ1v) is 14.9. The molecule has 0 radical (unpaired) electrons. The van der Waals surface area contributed by atoms with Crippen LogP contribution < -0.4 is 19.7 Å². The van der Waals surface area contributed by atoms with E-state index in [0.29, 0.717) is 40.7 Å². The van der Waals surface area contributed by atoms with Gasteiger partial charge in [-0.05, 0) is 61.2 Å². The zero-order valence-corrected chi connectivity index (χ0v) is 24.0. The van der Waals surface area contributed by atoms with Crippen LogP contribution in [0.3, 0.4) is 0 Å². The number of rotatable bonds is 11. The lowest BCUT2D eigenvalue weighted by molar-refractivity contribution is -0.137. The molecule has 11 heteroatoms. The van der Waals surface area contributed by atoms with Crippen molar-refractivity contribution >= 4 is 44.7 Å². The van der Waals surface area contributed by atoms with Crippen molar-refractivity contribution in [2.45, 2.75) is 37.1 Å². The molecule has 0 fully saturated rings. The maximum Gasteiger partial charge on any atom is 0.303 e. The average Bonchev–Trinajstić information content (AvgIpc) is 3.32. The van der Waals surface area contributed by atoms with Crippen LogP contribution in [-0.2, 0) is 25.8 Å². The van der Waals surface area contributed by atoms with Crippen LogP contribution in [0.25, 0.3) is 0 Å². The summed E-state index contributed by atoms with van der Waals surface area (Å²) < 4.78 is 36.0. The van der Waals surface area contributed by atoms with Crippen LogP contribution in [0.1, 0.15) is 35.6 Å². The highest BCUT2D eigenvalue weighted by molar-refractivity contribution is 7.90.